The van der Waals surface area contributed by atoms with Crippen LogP contribution in [0.15, 0.2) is 60.9 Å². The summed E-state index contributed by atoms with van der Waals surface area (Å²) in [7, 11) is -3.61. The monoisotopic (exact) mass is 442 g/mol. The molecule has 9 heteroatoms. The molecule has 1 saturated heterocycles. The Labute approximate surface area is 181 Å². The van der Waals surface area contributed by atoms with E-state index in [0.717, 1.165) is 17.1 Å². The van der Waals surface area contributed by atoms with E-state index >= 15 is 0 Å². The standard InChI is InChI=1S/C22H23FN4O3S/c1-16-4-3-9-24-22(16)26-19-7-8-20(25-13-19)21-14-27(10-11-30-21)31(28,29)15-17-5-2-6-18(23)12-17/h2-9,12-13,21H,10-11,14-15H2,1H3,(H,24,26)/t21-/m1/s1. The van der Waals surface area contributed by atoms with Crippen LogP contribution in [0, 0.1) is 12.7 Å². The normalized spacial score (nSPS) is 17.4. The van der Waals surface area contributed by atoms with Crippen LogP contribution in [0.4, 0.5) is 15.9 Å². The molecule has 0 unspecified atom stereocenters. The molecule has 0 bridgehead atoms. The summed E-state index contributed by atoms with van der Waals surface area (Å²) in [5, 5.41) is 3.22. The zero-order valence-electron chi connectivity index (χ0n) is 17.0. The Morgan fingerprint density at radius 3 is 2.81 bits per heavy atom. The second-order valence-corrected chi connectivity index (χ2v) is 9.34. The summed E-state index contributed by atoms with van der Waals surface area (Å²) >= 11 is 0. The molecule has 0 spiro atoms. The number of anilines is 2. The van der Waals surface area contributed by atoms with Gasteiger partial charge in [-0.25, -0.2) is 17.8 Å². The van der Waals surface area contributed by atoms with Gasteiger partial charge in [0.1, 0.15) is 17.7 Å². The van der Waals surface area contributed by atoms with Crippen LogP contribution in [0.2, 0.25) is 0 Å². The lowest BCUT2D eigenvalue weighted by atomic mass is 10.2. The molecule has 1 aliphatic heterocycles. The number of benzene rings is 1. The zero-order valence-corrected chi connectivity index (χ0v) is 17.8. The summed E-state index contributed by atoms with van der Waals surface area (Å²) in [6.45, 7) is 2.65. The highest BCUT2D eigenvalue weighted by Crippen LogP contribution is 2.25. The van der Waals surface area contributed by atoms with Crippen molar-refractivity contribution in [2.24, 2.45) is 0 Å². The van der Waals surface area contributed by atoms with Gasteiger partial charge in [0.25, 0.3) is 0 Å². The minimum Gasteiger partial charge on any atom is -0.369 e. The molecule has 3 aromatic rings. The third-order valence-corrected chi connectivity index (χ3v) is 6.87. The highest BCUT2D eigenvalue weighted by molar-refractivity contribution is 7.88. The van der Waals surface area contributed by atoms with Crippen LogP contribution < -0.4 is 5.32 Å². The first-order chi connectivity index (χ1) is 14.9. The van der Waals surface area contributed by atoms with E-state index in [2.05, 4.69) is 15.3 Å². The van der Waals surface area contributed by atoms with Gasteiger partial charge in [-0.15, -0.1) is 0 Å². The van der Waals surface area contributed by atoms with Gasteiger partial charge in [-0.1, -0.05) is 18.2 Å². The summed E-state index contributed by atoms with van der Waals surface area (Å²) < 4.78 is 46.3. The molecule has 1 N–H and O–H groups in total. The number of hydrogen-bond acceptors (Lipinski definition) is 6. The summed E-state index contributed by atoms with van der Waals surface area (Å²) in [4.78, 5) is 8.76. The van der Waals surface area contributed by atoms with Crippen LogP contribution >= 0.6 is 0 Å². The van der Waals surface area contributed by atoms with Gasteiger partial charge in [0.05, 0.1) is 29.9 Å². The molecular weight excluding hydrogens is 419 g/mol. The maximum atomic E-state index is 13.4. The first-order valence-corrected chi connectivity index (χ1v) is 11.5. The van der Waals surface area contributed by atoms with Crippen molar-refractivity contribution in [3.8, 4) is 0 Å². The molecular formula is C22H23FN4O3S. The zero-order chi connectivity index (χ0) is 21.8. The predicted octanol–water partition coefficient (Wildman–Crippen LogP) is 3.57. The number of ether oxygens (including phenoxy) is 1. The Morgan fingerprint density at radius 1 is 1.19 bits per heavy atom. The van der Waals surface area contributed by atoms with E-state index in [4.69, 9.17) is 4.74 Å². The number of sulfonamides is 1. The molecule has 1 aliphatic rings. The van der Waals surface area contributed by atoms with Crippen LogP contribution in [-0.2, 0) is 20.5 Å². The summed E-state index contributed by atoms with van der Waals surface area (Å²) in [6.07, 6.45) is 2.92. The summed E-state index contributed by atoms with van der Waals surface area (Å²) in [5.41, 5.74) is 2.86. The molecule has 162 valence electrons. The molecule has 1 aromatic carbocycles. The first-order valence-electron chi connectivity index (χ1n) is 9.89. The van der Waals surface area contributed by atoms with Crippen molar-refractivity contribution in [3.63, 3.8) is 0 Å². The molecule has 0 saturated carbocycles. The van der Waals surface area contributed by atoms with Crippen molar-refractivity contribution >= 4 is 21.5 Å². The van der Waals surface area contributed by atoms with Crippen molar-refractivity contribution < 1.29 is 17.5 Å². The van der Waals surface area contributed by atoms with Gasteiger partial charge in [-0.05, 0) is 48.4 Å². The number of aromatic nitrogens is 2. The first kappa shape index (κ1) is 21.4. The number of aryl methyl sites for hydroxylation is 1. The molecule has 31 heavy (non-hydrogen) atoms. The van der Waals surface area contributed by atoms with Gasteiger partial charge < -0.3 is 10.1 Å². The fourth-order valence-corrected chi connectivity index (χ4v) is 4.91. The van der Waals surface area contributed by atoms with Gasteiger partial charge in [-0.3, -0.25) is 4.98 Å². The lowest BCUT2D eigenvalue weighted by Gasteiger charge is -2.32. The van der Waals surface area contributed by atoms with Gasteiger partial charge in [0.15, 0.2) is 0 Å². The number of nitrogens with one attached hydrogen (secondary N) is 1. The Hall–Kier alpha value is -2.88. The highest BCUT2D eigenvalue weighted by atomic mass is 32.2. The molecule has 0 amide bonds. The van der Waals surface area contributed by atoms with Crippen LogP contribution in [0.5, 0.6) is 0 Å². The fourth-order valence-electron chi connectivity index (χ4n) is 3.41. The molecule has 1 fully saturated rings. The van der Waals surface area contributed by atoms with Crippen LogP contribution in [0.1, 0.15) is 22.9 Å². The number of pyridine rings is 2. The van der Waals surface area contributed by atoms with Gasteiger partial charge in [-0.2, -0.15) is 4.31 Å². The van der Waals surface area contributed by atoms with Gasteiger partial charge >= 0.3 is 0 Å². The van der Waals surface area contributed by atoms with Crippen LogP contribution in [0.25, 0.3) is 0 Å². The average Bonchev–Trinajstić information content (AvgIpc) is 2.76. The van der Waals surface area contributed by atoms with E-state index in [1.165, 1.54) is 22.5 Å². The average molecular weight is 443 g/mol. The van der Waals surface area contributed by atoms with E-state index in [-0.39, 0.29) is 25.4 Å². The molecule has 0 radical (unpaired) electrons. The number of hydrogen-bond donors (Lipinski definition) is 1. The Kier molecular flexibility index (Phi) is 6.26. The Bertz CT molecular complexity index is 1160. The molecule has 1 atom stereocenters. The topological polar surface area (TPSA) is 84.4 Å². The maximum absolute atomic E-state index is 13.4. The van der Waals surface area contributed by atoms with E-state index in [1.807, 2.05) is 31.2 Å². The molecule has 2 aromatic heterocycles. The van der Waals surface area contributed by atoms with Gasteiger partial charge in [0, 0.05) is 19.3 Å². The SMILES string of the molecule is Cc1cccnc1Nc1ccc([C@H]2CN(S(=O)(=O)Cc3cccc(F)c3)CCO2)nc1. The third kappa shape index (κ3) is 5.25. The maximum Gasteiger partial charge on any atom is 0.218 e. The number of nitrogens with zero attached hydrogens (tertiary/aromatic N) is 3. The van der Waals surface area contributed by atoms with Crippen LogP contribution in [0.3, 0.4) is 0 Å². The lowest BCUT2D eigenvalue weighted by molar-refractivity contribution is -0.00497. The number of morpholine rings is 1. The molecule has 4 rings (SSSR count). The van der Waals surface area contributed by atoms with E-state index in [1.54, 1.807) is 18.5 Å². The van der Waals surface area contributed by atoms with Crippen molar-refractivity contribution in [1.29, 1.82) is 0 Å². The quantitative estimate of drug-likeness (QED) is 0.628. The summed E-state index contributed by atoms with van der Waals surface area (Å²) in [5.74, 6) is 0.0453. The molecule has 7 nitrogen and oxygen atoms in total. The number of rotatable bonds is 6. The van der Waals surface area contributed by atoms with E-state index < -0.39 is 21.9 Å². The van der Waals surface area contributed by atoms with Gasteiger partial charge in [0.2, 0.25) is 10.0 Å². The molecule has 0 aliphatic carbocycles. The van der Waals surface area contributed by atoms with Crippen molar-refractivity contribution in [3.05, 3.63) is 83.6 Å². The Morgan fingerprint density at radius 2 is 2.06 bits per heavy atom. The predicted molar refractivity (Wildman–Crippen MR) is 116 cm³/mol. The summed E-state index contributed by atoms with van der Waals surface area (Å²) in [6, 6.07) is 13.2. The van der Waals surface area contributed by atoms with Crippen molar-refractivity contribution in [2.75, 3.05) is 25.0 Å². The fraction of sp³-hybridized carbons (Fsp3) is 0.273. The minimum absolute atomic E-state index is 0.163. The highest BCUT2D eigenvalue weighted by Gasteiger charge is 2.31. The smallest absolute Gasteiger partial charge is 0.218 e. The van der Waals surface area contributed by atoms with E-state index in [0.29, 0.717) is 11.3 Å². The number of halogens is 1. The molecule has 3 heterocycles. The second kappa shape index (κ2) is 9.09. The van der Waals surface area contributed by atoms with Crippen molar-refractivity contribution in [2.45, 2.75) is 18.8 Å². The second-order valence-electron chi connectivity index (χ2n) is 7.37. The van der Waals surface area contributed by atoms with E-state index in [9.17, 15) is 12.8 Å². The third-order valence-electron chi connectivity index (χ3n) is 5.05. The lowest BCUT2D eigenvalue weighted by Crippen LogP contribution is -2.42. The van der Waals surface area contributed by atoms with Crippen LogP contribution in [-0.4, -0.2) is 42.4 Å². The Balaban J connectivity index is 1.44. The van der Waals surface area contributed by atoms with Crippen molar-refractivity contribution in [1.82, 2.24) is 14.3 Å². The minimum atomic E-state index is -3.61. The largest absolute Gasteiger partial charge is 0.369 e.